The molecule has 0 fully saturated rings. The average Bonchev–Trinajstić information content (AvgIpc) is 3.50. The van der Waals surface area contributed by atoms with Gasteiger partial charge in [-0.2, -0.15) is 0 Å². The number of rotatable bonds is 59. The van der Waals surface area contributed by atoms with Crippen molar-refractivity contribution >= 4 is 17.9 Å². The Morgan fingerprint density at radius 3 is 0.699 bits per heavy atom. The van der Waals surface area contributed by atoms with Gasteiger partial charge in [-0.05, 0) is 148 Å². The lowest BCUT2D eigenvalue weighted by Gasteiger charge is -2.18. The SMILES string of the molecule is CC/C=C\C/C=C\C/C=C\C/C=C\C/C=C\C/C=C\CCCCC(=O)OC(COC(=O)CCCCCCCC/C=C\C/C=C\C/C=C\C/C=C\CC)COC(=O)CCCCCCCCCCCCCC/C=C\C/C=C\C/C=C\C/C=C\CC. The third-order valence-corrected chi connectivity index (χ3v) is 13.7. The summed E-state index contributed by atoms with van der Waals surface area (Å²) in [6.07, 6.45) is 102. The van der Waals surface area contributed by atoms with E-state index in [2.05, 4.69) is 191 Å². The minimum absolute atomic E-state index is 0.109. The summed E-state index contributed by atoms with van der Waals surface area (Å²) in [5, 5.41) is 0. The highest BCUT2D eigenvalue weighted by molar-refractivity contribution is 5.71. The highest BCUT2D eigenvalue weighted by Gasteiger charge is 2.19. The van der Waals surface area contributed by atoms with E-state index in [9.17, 15) is 14.4 Å². The van der Waals surface area contributed by atoms with E-state index >= 15 is 0 Å². The topological polar surface area (TPSA) is 78.9 Å². The van der Waals surface area contributed by atoms with Crippen molar-refractivity contribution in [1.29, 1.82) is 0 Å². The number of hydrogen-bond donors (Lipinski definition) is 0. The lowest BCUT2D eigenvalue weighted by molar-refractivity contribution is -0.167. The number of esters is 3. The second-order valence-corrected chi connectivity index (χ2v) is 21.6. The van der Waals surface area contributed by atoms with E-state index in [-0.39, 0.29) is 37.5 Å². The molecule has 0 bridgehead atoms. The normalized spacial score (nSPS) is 13.2. The summed E-state index contributed by atoms with van der Waals surface area (Å²) in [5.41, 5.74) is 0. The van der Waals surface area contributed by atoms with Crippen LogP contribution in [0.3, 0.4) is 0 Å². The first kappa shape index (κ1) is 77.8. The number of hydrogen-bond acceptors (Lipinski definition) is 6. The summed E-state index contributed by atoms with van der Waals surface area (Å²) in [6, 6.07) is 0. The maximum absolute atomic E-state index is 12.9. The summed E-state index contributed by atoms with van der Waals surface area (Å²) in [4.78, 5) is 38.4. The molecular formula is C77H122O6. The molecule has 0 aliphatic rings. The molecule has 0 radical (unpaired) electrons. The quantitative estimate of drug-likeness (QED) is 0.0261. The van der Waals surface area contributed by atoms with Crippen molar-refractivity contribution in [3.63, 3.8) is 0 Å². The molecule has 83 heavy (non-hydrogen) atoms. The van der Waals surface area contributed by atoms with Gasteiger partial charge < -0.3 is 14.2 Å². The molecule has 6 heteroatoms. The summed E-state index contributed by atoms with van der Waals surface area (Å²) in [5.74, 6) is -0.969. The predicted octanol–water partition coefficient (Wildman–Crippen LogP) is 23.4. The van der Waals surface area contributed by atoms with Crippen LogP contribution in [0.15, 0.2) is 170 Å². The first-order chi connectivity index (χ1) is 41.0. The Kier molecular flexibility index (Phi) is 64.9. The van der Waals surface area contributed by atoms with Crippen LogP contribution in [-0.4, -0.2) is 37.2 Å². The van der Waals surface area contributed by atoms with Gasteiger partial charge in [0.1, 0.15) is 13.2 Å². The lowest BCUT2D eigenvalue weighted by Crippen LogP contribution is -2.30. The van der Waals surface area contributed by atoms with Crippen LogP contribution in [0.5, 0.6) is 0 Å². The Morgan fingerprint density at radius 2 is 0.434 bits per heavy atom. The fourth-order valence-corrected chi connectivity index (χ4v) is 8.78. The van der Waals surface area contributed by atoms with Gasteiger partial charge in [-0.1, -0.05) is 281 Å². The molecule has 0 aromatic carbocycles. The van der Waals surface area contributed by atoms with Crippen LogP contribution < -0.4 is 0 Å². The van der Waals surface area contributed by atoms with E-state index in [0.717, 1.165) is 154 Å². The molecule has 0 amide bonds. The van der Waals surface area contributed by atoms with Crippen LogP contribution in [0.25, 0.3) is 0 Å². The van der Waals surface area contributed by atoms with E-state index in [1.807, 2.05) is 0 Å². The molecule has 0 aliphatic carbocycles. The monoisotopic (exact) mass is 1140 g/mol. The first-order valence-corrected chi connectivity index (χ1v) is 33.6. The Morgan fingerprint density at radius 1 is 0.241 bits per heavy atom. The van der Waals surface area contributed by atoms with E-state index in [0.29, 0.717) is 19.3 Å². The first-order valence-electron chi connectivity index (χ1n) is 33.6. The molecule has 1 unspecified atom stereocenters. The van der Waals surface area contributed by atoms with Crippen LogP contribution in [-0.2, 0) is 28.6 Å². The smallest absolute Gasteiger partial charge is 0.306 e. The van der Waals surface area contributed by atoms with Crippen molar-refractivity contribution in [3.05, 3.63) is 170 Å². The zero-order chi connectivity index (χ0) is 59.9. The number of allylic oxidation sites excluding steroid dienone is 28. The van der Waals surface area contributed by atoms with Crippen molar-refractivity contribution < 1.29 is 28.6 Å². The molecule has 6 nitrogen and oxygen atoms in total. The van der Waals surface area contributed by atoms with Gasteiger partial charge in [0, 0.05) is 19.3 Å². The summed E-state index contributed by atoms with van der Waals surface area (Å²) >= 11 is 0. The summed E-state index contributed by atoms with van der Waals surface area (Å²) < 4.78 is 16.9. The van der Waals surface area contributed by atoms with Gasteiger partial charge in [0.05, 0.1) is 0 Å². The number of carbonyl (C=O) groups is 3. The molecule has 1 atom stereocenters. The number of ether oxygens (including phenoxy) is 3. The van der Waals surface area contributed by atoms with Gasteiger partial charge in [-0.25, -0.2) is 0 Å². The van der Waals surface area contributed by atoms with Crippen molar-refractivity contribution in [3.8, 4) is 0 Å². The van der Waals surface area contributed by atoms with Gasteiger partial charge in [-0.15, -0.1) is 0 Å². The number of unbranched alkanes of at least 4 members (excludes halogenated alkanes) is 20. The van der Waals surface area contributed by atoms with Gasteiger partial charge >= 0.3 is 17.9 Å². The van der Waals surface area contributed by atoms with Crippen molar-refractivity contribution in [1.82, 2.24) is 0 Å². The molecular weight excluding hydrogens is 1020 g/mol. The zero-order valence-electron chi connectivity index (χ0n) is 53.4. The highest BCUT2D eigenvalue weighted by atomic mass is 16.6. The van der Waals surface area contributed by atoms with Gasteiger partial charge in [-0.3, -0.25) is 14.4 Å². The van der Waals surface area contributed by atoms with Gasteiger partial charge in [0.2, 0.25) is 0 Å². The van der Waals surface area contributed by atoms with E-state index < -0.39 is 6.10 Å². The van der Waals surface area contributed by atoms with Crippen LogP contribution >= 0.6 is 0 Å². The number of carbonyl (C=O) groups excluding carboxylic acids is 3. The largest absolute Gasteiger partial charge is 0.462 e. The molecule has 466 valence electrons. The van der Waals surface area contributed by atoms with Crippen LogP contribution in [0.4, 0.5) is 0 Å². The molecule has 0 aromatic heterocycles. The Labute approximate surface area is 511 Å². The molecule has 0 heterocycles. The van der Waals surface area contributed by atoms with Crippen LogP contribution in [0, 0.1) is 0 Å². The standard InChI is InChI=1S/C77H122O6/c1-4-7-10-13-16-19-22-25-28-31-34-36-37-38-39-41-43-46-49-52-55-58-61-64-67-70-76(79)82-73-74(72-81-75(78)69-66-63-60-57-54-51-48-45-42-33-30-27-24-21-18-15-12-9-6-3)83-77(80)71-68-65-62-59-56-53-50-47-44-40-35-32-29-26-23-20-17-14-11-8-5-2/h7-12,16-21,25-30,34-36,40,42,45,47,50,56,59,74H,4-6,13-15,22-24,31-33,37-39,41,43-44,46,48-49,51-55,57-58,60-73H2,1-3H3/b10-7-,11-8-,12-9-,19-16-,20-17-,21-18-,28-25-,29-26-,30-27-,36-34-,40-35-,45-42-,50-47-,59-56-. The molecule has 0 aliphatic heterocycles. The van der Waals surface area contributed by atoms with Gasteiger partial charge in [0.25, 0.3) is 0 Å². The Balaban J connectivity index is 4.49. The summed E-state index contributed by atoms with van der Waals surface area (Å²) in [7, 11) is 0. The Hall–Kier alpha value is -5.23. The molecule has 0 saturated carbocycles. The minimum atomic E-state index is -0.819. The minimum Gasteiger partial charge on any atom is -0.462 e. The van der Waals surface area contributed by atoms with E-state index in [1.165, 1.54) is 77.0 Å². The highest BCUT2D eigenvalue weighted by Crippen LogP contribution is 2.15. The molecule has 0 saturated heterocycles. The second kappa shape index (κ2) is 69.3. The van der Waals surface area contributed by atoms with E-state index in [1.54, 1.807) is 0 Å². The van der Waals surface area contributed by atoms with Gasteiger partial charge in [0.15, 0.2) is 6.10 Å². The average molecular weight is 1140 g/mol. The second-order valence-electron chi connectivity index (χ2n) is 21.6. The fraction of sp³-hybridized carbons (Fsp3) is 0.597. The third-order valence-electron chi connectivity index (χ3n) is 13.7. The fourth-order valence-electron chi connectivity index (χ4n) is 8.78. The van der Waals surface area contributed by atoms with Crippen LogP contribution in [0.2, 0.25) is 0 Å². The maximum atomic E-state index is 12.9. The van der Waals surface area contributed by atoms with Crippen molar-refractivity contribution in [2.75, 3.05) is 13.2 Å². The van der Waals surface area contributed by atoms with Crippen molar-refractivity contribution in [2.24, 2.45) is 0 Å². The maximum Gasteiger partial charge on any atom is 0.306 e. The third kappa shape index (κ3) is 67.4. The molecule has 0 spiro atoms. The molecule has 0 aromatic rings. The molecule has 0 N–H and O–H groups in total. The van der Waals surface area contributed by atoms with Crippen molar-refractivity contribution in [2.45, 2.75) is 284 Å². The summed E-state index contributed by atoms with van der Waals surface area (Å²) in [6.45, 7) is 6.26. The predicted molar refractivity (Wildman–Crippen MR) is 361 cm³/mol. The lowest BCUT2D eigenvalue weighted by atomic mass is 10.0. The van der Waals surface area contributed by atoms with E-state index in [4.69, 9.17) is 14.2 Å². The Bertz CT molecular complexity index is 1890. The van der Waals surface area contributed by atoms with Crippen LogP contribution in [0.1, 0.15) is 278 Å². The zero-order valence-corrected chi connectivity index (χ0v) is 53.4. The molecule has 0 rings (SSSR count).